The summed E-state index contributed by atoms with van der Waals surface area (Å²) in [5, 5.41) is 8.47. The molecular weight excluding hydrogens is 275 g/mol. The highest BCUT2D eigenvalue weighted by molar-refractivity contribution is 5.84. The molecule has 0 atom stereocenters. The van der Waals surface area contributed by atoms with Crippen molar-refractivity contribution >= 4 is 5.97 Å². The fraction of sp³-hybridized carbons (Fsp3) is 0.308. The Morgan fingerprint density at radius 3 is 2.70 bits per heavy atom. The summed E-state index contributed by atoms with van der Waals surface area (Å²) in [5.41, 5.74) is 1.68. The number of rotatable bonds is 7. The van der Waals surface area contributed by atoms with Crippen molar-refractivity contribution in [1.82, 2.24) is 5.48 Å². The molecule has 0 spiro atoms. The second-order valence-electron chi connectivity index (χ2n) is 4.04. The first kappa shape index (κ1) is 16.0. The second-order valence-corrected chi connectivity index (χ2v) is 4.04. The molecule has 0 amide bonds. The predicted molar refractivity (Wildman–Crippen MR) is 65.6 cm³/mol. The van der Waals surface area contributed by atoms with Gasteiger partial charge < -0.3 is 5.11 Å². The van der Waals surface area contributed by atoms with Crippen molar-refractivity contribution in [3.05, 3.63) is 47.7 Å². The van der Waals surface area contributed by atoms with Crippen LogP contribution in [0.25, 0.3) is 0 Å². The third kappa shape index (κ3) is 5.31. The normalized spacial score (nSPS) is 11.2. The number of carbonyl (C=O) groups is 1. The van der Waals surface area contributed by atoms with Gasteiger partial charge in [0.05, 0.1) is 12.2 Å². The molecule has 0 aliphatic rings. The van der Waals surface area contributed by atoms with Gasteiger partial charge in [-0.1, -0.05) is 24.8 Å². The Hall–Kier alpha value is -2.02. The van der Waals surface area contributed by atoms with Crippen LogP contribution in [0.4, 0.5) is 13.2 Å². The van der Waals surface area contributed by atoms with Gasteiger partial charge in [-0.2, -0.15) is 13.2 Å². The molecule has 0 fully saturated rings. The summed E-state index contributed by atoms with van der Waals surface area (Å²) in [5.74, 6) is -1.23. The lowest BCUT2D eigenvalue weighted by Crippen LogP contribution is -2.20. The summed E-state index contributed by atoms with van der Waals surface area (Å²) in [7, 11) is 0. The highest BCUT2D eigenvalue weighted by Gasteiger charge is 2.30. The van der Waals surface area contributed by atoms with Crippen molar-refractivity contribution in [2.75, 3.05) is 6.61 Å². The monoisotopic (exact) mass is 289 g/mol. The first-order chi connectivity index (χ1) is 9.30. The number of nitrogens with one attached hydrogen (secondary N) is 1. The number of carboxylic acid groups (broad SMARTS) is 1. The van der Waals surface area contributed by atoms with E-state index in [0.717, 1.165) is 12.1 Å². The molecule has 0 aromatic heterocycles. The van der Waals surface area contributed by atoms with E-state index in [2.05, 4.69) is 12.1 Å². The van der Waals surface area contributed by atoms with Crippen molar-refractivity contribution in [1.29, 1.82) is 0 Å². The van der Waals surface area contributed by atoms with E-state index in [9.17, 15) is 18.0 Å². The number of aliphatic carboxylic acids is 1. The van der Waals surface area contributed by atoms with E-state index in [-0.39, 0.29) is 12.3 Å². The van der Waals surface area contributed by atoms with E-state index in [1.54, 1.807) is 6.07 Å². The molecule has 20 heavy (non-hydrogen) atoms. The molecule has 1 aromatic carbocycles. The molecule has 0 aliphatic heterocycles. The van der Waals surface area contributed by atoms with Crippen LogP contribution in [0.1, 0.15) is 17.5 Å². The van der Waals surface area contributed by atoms with E-state index in [1.165, 1.54) is 6.07 Å². The molecule has 0 aliphatic carbocycles. The maximum absolute atomic E-state index is 12.5. The fourth-order valence-corrected chi connectivity index (χ4v) is 1.43. The van der Waals surface area contributed by atoms with Crippen molar-refractivity contribution in [2.24, 2.45) is 0 Å². The summed E-state index contributed by atoms with van der Waals surface area (Å²) in [6, 6.07) is 5.05. The van der Waals surface area contributed by atoms with Gasteiger partial charge in [-0.05, 0) is 24.5 Å². The van der Waals surface area contributed by atoms with Crippen molar-refractivity contribution in [3.8, 4) is 0 Å². The number of benzene rings is 1. The minimum atomic E-state index is -4.35. The number of alkyl halides is 3. The Morgan fingerprint density at radius 2 is 2.10 bits per heavy atom. The van der Waals surface area contributed by atoms with Gasteiger partial charge in [0.25, 0.3) is 0 Å². The first-order valence-electron chi connectivity index (χ1n) is 5.77. The molecule has 0 bridgehead atoms. The summed E-state index contributed by atoms with van der Waals surface area (Å²) < 4.78 is 37.4. The maximum atomic E-state index is 12.5. The molecule has 1 aromatic rings. The average Bonchev–Trinajstić information content (AvgIpc) is 2.37. The predicted octanol–water partition coefficient (Wildman–Crippen LogP) is 2.76. The SMILES string of the molecule is C=C(NOCCCc1cccc(C(F)(F)F)c1)C(=O)O. The van der Waals surface area contributed by atoms with Gasteiger partial charge in [0.2, 0.25) is 0 Å². The van der Waals surface area contributed by atoms with Gasteiger partial charge in [-0.25, -0.2) is 4.79 Å². The lowest BCUT2D eigenvalue weighted by Gasteiger charge is -2.09. The molecule has 7 heteroatoms. The lowest BCUT2D eigenvalue weighted by molar-refractivity contribution is -0.137. The standard InChI is InChI=1S/C13H14F3NO3/c1-9(12(18)19)17-20-7-3-5-10-4-2-6-11(8-10)13(14,15)16/h2,4,6,8,17H,1,3,5,7H2,(H,18,19). The number of hydrogen-bond acceptors (Lipinski definition) is 3. The molecule has 110 valence electrons. The second kappa shape index (κ2) is 6.95. The van der Waals surface area contributed by atoms with Crippen molar-refractivity contribution in [2.45, 2.75) is 19.0 Å². The van der Waals surface area contributed by atoms with Gasteiger partial charge in [0.15, 0.2) is 0 Å². The van der Waals surface area contributed by atoms with Crippen LogP contribution in [0.15, 0.2) is 36.5 Å². The zero-order valence-electron chi connectivity index (χ0n) is 10.5. The number of hydrogen-bond donors (Lipinski definition) is 2. The Bertz CT molecular complexity index is 486. The smallest absolute Gasteiger partial charge is 0.416 e. The summed E-state index contributed by atoms with van der Waals surface area (Å²) in [4.78, 5) is 15.2. The van der Waals surface area contributed by atoms with E-state index in [0.29, 0.717) is 18.4 Å². The largest absolute Gasteiger partial charge is 0.477 e. The average molecular weight is 289 g/mol. The molecule has 0 heterocycles. The highest BCUT2D eigenvalue weighted by Crippen LogP contribution is 2.29. The quantitative estimate of drug-likeness (QED) is 0.460. The Kier molecular flexibility index (Phi) is 5.57. The van der Waals surface area contributed by atoms with Gasteiger partial charge in [0, 0.05) is 0 Å². The molecule has 0 saturated carbocycles. The minimum Gasteiger partial charge on any atom is -0.477 e. The van der Waals surface area contributed by atoms with Crippen LogP contribution in [0.2, 0.25) is 0 Å². The fourth-order valence-electron chi connectivity index (χ4n) is 1.43. The lowest BCUT2D eigenvalue weighted by atomic mass is 10.1. The topological polar surface area (TPSA) is 58.6 Å². The third-order valence-corrected chi connectivity index (χ3v) is 2.42. The van der Waals surface area contributed by atoms with E-state index in [1.807, 2.05) is 0 Å². The van der Waals surface area contributed by atoms with Crippen LogP contribution >= 0.6 is 0 Å². The molecule has 1 rings (SSSR count). The molecule has 0 radical (unpaired) electrons. The van der Waals surface area contributed by atoms with E-state index in [4.69, 9.17) is 9.94 Å². The number of hydroxylamine groups is 1. The Labute approximate surface area is 113 Å². The summed E-state index contributed by atoms with van der Waals surface area (Å²) >= 11 is 0. The van der Waals surface area contributed by atoms with Gasteiger partial charge in [-0.15, -0.1) is 0 Å². The van der Waals surface area contributed by atoms with Crippen molar-refractivity contribution in [3.63, 3.8) is 0 Å². The Morgan fingerprint density at radius 1 is 1.40 bits per heavy atom. The van der Waals surface area contributed by atoms with Crippen LogP contribution in [-0.4, -0.2) is 17.7 Å². The zero-order valence-corrected chi connectivity index (χ0v) is 10.5. The minimum absolute atomic E-state index is 0.155. The molecular formula is C13H14F3NO3. The zero-order chi connectivity index (χ0) is 15.2. The van der Waals surface area contributed by atoms with Gasteiger partial charge in [-0.3, -0.25) is 10.3 Å². The Balaban J connectivity index is 2.36. The van der Waals surface area contributed by atoms with Crippen molar-refractivity contribution < 1.29 is 27.9 Å². The van der Waals surface area contributed by atoms with Gasteiger partial charge in [0.1, 0.15) is 5.70 Å². The van der Waals surface area contributed by atoms with Crippen LogP contribution in [0.3, 0.4) is 0 Å². The number of carboxylic acids is 1. The number of aryl methyl sites for hydroxylation is 1. The van der Waals surface area contributed by atoms with Crippen LogP contribution in [0.5, 0.6) is 0 Å². The van der Waals surface area contributed by atoms with Crippen LogP contribution < -0.4 is 5.48 Å². The molecule has 0 saturated heterocycles. The van der Waals surface area contributed by atoms with E-state index >= 15 is 0 Å². The van der Waals surface area contributed by atoms with Crippen LogP contribution in [-0.2, 0) is 22.2 Å². The number of halogens is 3. The third-order valence-electron chi connectivity index (χ3n) is 2.42. The first-order valence-corrected chi connectivity index (χ1v) is 5.77. The highest BCUT2D eigenvalue weighted by atomic mass is 19.4. The molecule has 0 unspecified atom stereocenters. The van der Waals surface area contributed by atoms with E-state index < -0.39 is 17.7 Å². The molecule has 2 N–H and O–H groups in total. The molecule has 4 nitrogen and oxygen atoms in total. The van der Waals surface area contributed by atoms with Gasteiger partial charge >= 0.3 is 12.1 Å². The maximum Gasteiger partial charge on any atom is 0.416 e. The summed E-state index contributed by atoms with van der Waals surface area (Å²) in [6.07, 6.45) is -3.51. The summed E-state index contributed by atoms with van der Waals surface area (Å²) in [6.45, 7) is 3.34. The van der Waals surface area contributed by atoms with Crippen LogP contribution in [0, 0.1) is 0 Å².